The SMILES string of the molecule is COC[C@]12C(C)=C[C@@H](C)[C@@H](OC)[C@@]1(COC)C(C)=CC[C@H]2O. The first kappa shape index (κ1) is 17.7. The van der Waals surface area contributed by atoms with E-state index in [9.17, 15) is 5.11 Å². The molecule has 0 heterocycles. The van der Waals surface area contributed by atoms with Gasteiger partial charge < -0.3 is 19.3 Å². The normalized spacial score (nSPS) is 41.7. The summed E-state index contributed by atoms with van der Waals surface area (Å²) < 4.78 is 17.2. The number of hydrogen-bond acceptors (Lipinski definition) is 4. The zero-order valence-corrected chi connectivity index (χ0v) is 14.7. The zero-order valence-electron chi connectivity index (χ0n) is 14.7. The molecule has 4 heteroatoms. The minimum absolute atomic E-state index is 0.0579. The Labute approximate surface area is 134 Å². The van der Waals surface area contributed by atoms with Gasteiger partial charge >= 0.3 is 0 Å². The van der Waals surface area contributed by atoms with Crippen LogP contribution >= 0.6 is 0 Å². The molecule has 0 spiro atoms. The maximum atomic E-state index is 11.0. The second kappa shape index (κ2) is 6.44. The van der Waals surface area contributed by atoms with E-state index in [1.54, 1.807) is 21.3 Å². The first-order valence-corrected chi connectivity index (χ1v) is 7.97. The lowest BCUT2D eigenvalue weighted by Gasteiger charge is -2.61. The number of fused-ring (bicyclic) bond motifs is 1. The topological polar surface area (TPSA) is 47.9 Å². The largest absolute Gasteiger partial charge is 0.392 e. The minimum Gasteiger partial charge on any atom is -0.392 e. The fourth-order valence-corrected chi connectivity index (χ4v) is 5.03. The van der Waals surface area contributed by atoms with Crippen molar-refractivity contribution in [2.24, 2.45) is 16.7 Å². The molecule has 2 rings (SSSR count). The van der Waals surface area contributed by atoms with Crippen molar-refractivity contribution in [1.29, 1.82) is 0 Å². The van der Waals surface area contributed by atoms with Gasteiger partial charge in [0.25, 0.3) is 0 Å². The average Bonchev–Trinajstić information content (AvgIpc) is 2.47. The third kappa shape index (κ3) is 2.12. The van der Waals surface area contributed by atoms with Crippen molar-refractivity contribution in [1.82, 2.24) is 0 Å². The number of aliphatic hydroxyl groups excluding tert-OH is 1. The van der Waals surface area contributed by atoms with E-state index in [-0.39, 0.29) is 12.0 Å². The molecule has 0 aromatic carbocycles. The summed E-state index contributed by atoms with van der Waals surface area (Å²) in [5.74, 6) is 0.249. The van der Waals surface area contributed by atoms with Crippen LogP contribution in [0, 0.1) is 16.7 Å². The molecule has 5 atom stereocenters. The van der Waals surface area contributed by atoms with E-state index in [2.05, 4.69) is 32.9 Å². The number of ether oxygens (including phenoxy) is 3. The van der Waals surface area contributed by atoms with Crippen molar-refractivity contribution in [3.05, 3.63) is 23.3 Å². The Balaban J connectivity index is 2.77. The molecule has 2 aliphatic rings. The molecular formula is C18H30O4. The summed E-state index contributed by atoms with van der Waals surface area (Å²) in [6, 6.07) is 0. The number of hydrogen-bond donors (Lipinski definition) is 1. The molecule has 0 fully saturated rings. The van der Waals surface area contributed by atoms with Crippen molar-refractivity contribution in [3.63, 3.8) is 0 Å². The lowest BCUT2D eigenvalue weighted by atomic mass is 9.46. The van der Waals surface area contributed by atoms with E-state index in [0.29, 0.717) is 19.6 Å². The molecule has 126 valence electrons. The third-order valence-corrected chi connectivity index (χ3v) is 5.89. The predicted molar refractivity (Wildman–Crippen MR) is 86.7 cm³/mol. The molecule has 1 N–H and O–H groups in total. The monoisotopic (exact) mass is 310 g/mol. The quantitative estimate of drug-likeness (QED) is 0.793. The van der Waals surface area contributed by atoms with Crippen molar-refractivity contribution < 1.29 is 19.3 Å². The van der Waals surface area contributed by atoms with E-state index in [1.807, 2.05) is 0 Å². The summed E-state index contributed by atoms with van der Waals surface area (Å²) in [6.07, 6.45) is 4.43. The molecule has 0 aliphatic heterocycles. The van der Waals surface area contributed by atoms with E-state index >= 15 is 0 Å². The summed E-state index contributed by atoms with van der Waals surface area (Å²) >= 11 is 0. The van der Waals surface area contributed by atoms with Crippen LogP contribution in [0.25, 0.3) is 0 Å². The Hall–Kier alpha value is -0.680. The Morgan fingerprint density at radius 2 is 1.68 bits per heavy atom. The maximum absolute atomic E-state index is 11.0. The van der Waals surface area contributed by atoms with Crippen LogP contribution in [-0.2, 0) is 14.2 Å². The fourth-order valence-electron chi connectivity index (χ4n) is 5.03. The highest BCUT2D eigenvalue weighted by atomic mass is 16.5. The van der Waals surface area contributed by atoms with Gasteiger partial charge in [0.15, 0.2) is 0 Å². The summed E-state index contributed by atoms with van der Waals surface area (Å²) in [4.78, 5) is 0. The van der Waals surface area contributed by atoms with Crippen LogP contribution in [0.1, 0.15) is 27.2 Å². The molecule has 22 heavy (non-hydrogen) atoms. The van der Waals surface area contributed by atoms with Gasteiger partial charge in [0, 0.05) is 27.2 Å². The van der Waals surface area contributed by atoms with Crippen LogP contribution in [0.3, 0.4) is 0 Å². The summed E-state index contributed by atoms with van der Waals surface area (Å²) in [5.41, 5.74) is 1.47. The zero-order chi connectivity index (χ0) is 16.5. The molecule has 0 unspecified atom stereocenters. The van der Waals surface area contributed by atoms with Gasteiger partial charge in [0.1, 0.15) is 0 Å². The Morgan fingerprint density at radius 1 is 1.09 bits per heavy atom. The summed E-state index contributed by atoms with van der Waals surface area (Å²) in [5, 5.41) is 11.0. The molecule has 0 radical (unpaired) electrons. The van der Waals surface area contributed by atoms with Gasteiger partial charge in [-0.1, -0.05) is 30.2 Å². The predicted octanol–water partition coefficient (Wildman–Crippen LogP) is 2.57. The van der Waals surface area contributed by atoms with Crippen LogP contribution in [0.15, 0.2) is 23.3 Å². The first-order chi connectivity index (χ1) is 10.4. The second-order valence-electron chi connectivity index (χ2n) is 6.81. The van der Waals surface area contributed by atoms with Crippen LogP contribution in [0.2, 0.25) is 0 Å². The smallest absolute Gasteiger partial charge is 0.0757 e. The molecule has 0 amide bonds. The molecule has 0 aromatic heterocycles. The highest BCUT2D eigenvalue weighted by Gasteiger charge is 2.65. The number of rotatable bonds is 5. The Bertz CT molecular complexity index is 470. The summed E-state index contributed by atoms with van der Waals surface area (Å²) in [6.45, 7) is 7.36. The second-order valence-corrected chi connectivity index (χ2v) is 6.81. The van der Waals surface area contributed by atoms with Gasteiger partial charge in [0.05, 0.1) is 36.3 Å². The molecule has 0 aromatic rings. The van der Waals surface area contributed by atoms with Gasteiger partial charge in [-0.3, -0.25) is 0 Å². The van der Waals surface area contributed by atoms with Gasteiger partial charge in [-0.2, -0.15) is 0 Å². The van der Waals surface area contributed by atoms with E-state index < -0.39 is 16.9 Å². The molecule has 0 saturated heterocycles. The summed E-state index contributed by atoms with van der Waals surface area (Å²) in [7, 11) is 5.16. The average molecular weight is 310 g/mol. The van der Waals surface area contributed by atoms with Crippen LogP contribution in [0.5, 0.6) is 0 Å². The molecule has 0 bridgehead atoms. The number of methoxy groups -OCH3 is 3. The number of aliphatic hydroxyl groups is 1. The lowest BCUT2D eigenvalue weighted by molar-refractivity contribution is -0.178. The van der Waals surface area contributed by atoms with Crippen LogP contribution in [-0.4, -0.2) is 51.9 Å². The van der Waals surface area contributed by atoms with Gasteiger partial charge in [0.2, 0.25) is 0 Å². The van der Waals surface area contributed by atoms with Crippen LogP contribution < -0.4 is 0 Å². The van der Waals surface area contributed by atoms with Crippen molar-refractivity contribution in [3.8, 4) is 0 Å². The molecule has 2 aliphatic carbocycles. The van der Waals surface area contributed by atoms with Crippen molar-refractivity contribution in [2.45, 2.75) is 39.4 Å². The highest BCUT2D eigenvalue weighted by molar-refractivity contribution is 5.39. The third-order valence-electron chi connectivity index (χ3n) is 5.89. The minimum atomic E-state index is -0.510. The standard InChI is InChI=1S/C18H30O4/c1-12-9-14(3)17(10-20-4)15(19)8-7-13(2)18(17,11-21-5)16(12)22-6/h7,9,12,15-16,19H,8,10-11H2,1-6H3/t12-,15-,16-,17-,18-/m1/s1. The van der Waals surface area contributed by atoms with Gasteiger partial charge in [-0.15, -0.1) is 0 Å². The van der Waals surface area contributed by atoms with E-state index in [4.69, 9.17) is 14.2 Å². The maximum Gasteiger partial charge on any atom is 0.0757 e. The van der Waals surface area contributed by atoms with Crippen LogP contribution in [0.4, 0.5) is 0 Å². The Kier molecular flexibility index (Phi) is 5.17. The van der Waals surface area contributed by atoms with Crippen molar-refractivity contribution >= 4 is 0 Å². The first-order valence-electron chi connectivity index (χ1n) is 7.97. The lowest BCUT2D eigenvalue weighted by Crippen LogP contribution is -2.66. The van der Waals surface area contributed by atoms with Crippen molar-refractivity contribution in [2.75, 3.05) is 34.5 Å². The molecular weight excluding hydrogens is 280 g/mol. The van der Waals surface area contributed by atoms with Gasteiger partial charge in [-0.25, -0.2) is 0 Å². The highest BCUT2D eigenvalue weighted by Crippen LogP contribution is 2.62. The molecule has 0 saturated carbocycles. The molecule has 4 nitrogen and oxygen atoms in total. The Morgan fingerprint density at radius 3 is 2.23 bits per heavy atom. The fraction of sp³-hybridized carbons (Fsp3) is 0.778. The van der Waals surface area contributed by atoms with E-state index in [1.165, 1.54) is 11.1 Å². The van der Waals surface area contributed by atoms with Gasteiger partial charge in [-0.05, 0) is 20.3 Å². The van der Waals surface area contributed by atoms with E-state index in [0.717, 1.165) is 0 Å².